The lowest BCUT2D eigenvalue weighted by Crippen LogP contribution is -2.44. The molecule has 2 saturated heterocycles. The van der Waals surface area contributed by atoms with Gasteiger partial charge in [-0.05, 0) is 37.3 Å². The van der Waals surface area contributed by atoms with Crippen molar-refractivity contribution in [1.29, 1.82) is 0 Å². The van der Waals surface area contributed by atoms with Crippen molar-refractivity contribution in [2.45, 2.75) is 39.1 Å². The predicted octanol–water partition coefficient (Wildman–Crippen LogP) is 3.26. The van der Waals surface area contributed by atoms with Gasteiger partial charge in [-0.2, -0.15) is 0 Å². The van der Waals surface area contributed by atoms with Gasteiger partial charge in [0.2, 0.25) is 12.1 Å². The molecule has 1 aromatic rings. The first kappa shape index (κ1) is 17.5. The van der Waals surface area contributed by atoms with Gasteiger partial charge in [0.05, 0.1) is 24.9 Å². The molecule has 2 aliphatic rings. The van der Waals surface area contributed by atoms with E-state index in [1.807, 2.05) is 0 Å². The van der Waals surface area contributed by atoms with E-state index in [4.69, 9.17) is 14.2 Å². The highest BCUT2D eigenvalue weighted by molar-refractivity contribution is 5.99. The van der Waals surface area contributed by atoms with E-state index < -0.39 is 23.7 Å². The highest BCUT2D eigenvalue weighted by Crippen LogP contribution is 2.28. The van der Waals surface area contributed by atoms with Crippen LogP contribution in [0, 0.1) is 30.4 Å². The lowest BCUT2D eigenvalue weighted by molar-refractivity contribution is -0.200. The van der Waals surface area contributed by atoms with Crippen LogP contribution < -0.4 is 0 Å². The first-order valence-corrected chi connectivity index (χ1v) is 8.31. The van der Waals surface area contributed by atoms with Crippen molar-refractivity contribution in [3.8, 4) is 0 Å². The Morgan fingerprint density at radius 3 is 2.38 bits per heavy atom. The number of halogens is 2. The van der Waals surface area contributed by atoms with Gasteiger partial charge in [0.25, 0.3) is 0 Å². The van der Waals surface area contributed by atoms with Crippen molar-refractivity contribution in [2.75, 3.05) is 19.8 Å². The zero-order chi connectivity index (χ0) is 17.3. The average Bonchev–Trinajstić information content (AvgIpc) is 2.60. The first-order valence-electron chi connectivity index (χ1n) is 8.31. The molecule has 2 heterocycles. The van der Waals surface area contributed by atoms with Gasteiger partial charge in [0.15, 0.2) is 11.6 Å². The van der Waals surface area contributed by atoms with Crippen molar-refractivity contribution in [1.82, 2.24) is 0 Å². The van der Waals surface area contributed by atoms with Crippen LogP contribution in [0.25, 0.3) is 0 Å². The Balaban J connectivity index is 1.60. The highest BCUT2D eigenvalue weighted by Gasteiger charge is 2.35. The number of aryl methyl sites for hydroxylation is 1. The lowest BCUT2D eigenvalue weighted by Gasteiger charge is -2.36. The fraction of sp³-hybridized carbons (Fsp3) is 0.611. The van der Waals surface area contributed by atoms with Gasteiger partial charge in [0.1, 0.15) is 0 Å². The van der Waals surface area contributed by atoms with Crippen LogP contribution in [0.15, 0.2) is 12.1 Å². The van der Waals surface area contributed by atoms with Gasteiger partial charge in [-0.25, -0.2) is 8.78 Å². The maximum absolute atomic E-state index is 13.9. The molecule has 0 saturated carbocycles. The van der Waals surface area contributed by atoms with Crippen LogP contribution >= 0.6 is 0 Å². The van der Waals surface area contributed by atoms with E-state index in [-0.39, 0.29) is 23.1 Å². The topological polar surface area (TPSA) is 44.8 Å². The van der Waals surface area contributed by atoms with Gasteiger partial charge in [0, 0.05) is 12.5 Å². The highest BCUT2D eigenvalue weighted by atomic mass is 19.2. The molecule has 0 radical (unpaired) electrons. The molecule has 2 atom stereocenters. The Labute approximate surface area is 140 Å². The number of ketones is 1. The number of Topliss-reactive ketones (excluding diaryl/α,β-unsaturated/α-hetero) is 1. The standard InChI is InChI=1S/C18H22F2O4/c1-10-3-6-14(22-7-10)12-8-23-18(24-9-12)17(21)13-5-4-11(2)15(19)16(13)20/h4-5,10,12,14,18H,3,6-9H2,1-2H3/t10?,12?,14-,18?/m0/s1. The minimum absolute atomic E-state index is 0.0566. The molecule has 3 rings (SSSR count). The van der Waals surface area contributed by atoms with Crippen LogP contribution in [0.1, 0.15) is 35.7 Å². The molecule has 0 aromatic heterocycles. The number of benzene rings is 1. The summed E-state index contributed by atoms with van der Waals surface area (Å²) in [4.78, 5) is 12.3. The summed E-state index contributed by atoms with van der Waals surface area (Å²) in [6, 6.07) is 2.63. The van der Waals surface area contributed by atoms with Crippen LogP contribution in [0.3, 0.4) is 0 Å². The van der Waals surface area contributed by atoms with Crippen LogP contribution in [0.5, 0.6) is 0 Å². The van der Waals surface area contributed by atoms with Crippen molar-refractivity contribution in [2.24, 2.45) is 11.8 Å². The molecule has 1 aromatic carbocycles. The molecule has 0 bridgehead atoms. The van der Waals surface area contributed by atoms with Crippen molar-refractivity contribution in [3.05, 3.63) is 34.9 Å². The van der Waals surface area contributed by atoms with E-state index in [0.717, 1.165) is 19.4 Å². The molecule has 24 heavy (non-hydrogen) atoms. The molecule has 2 fully saturated rings. The predicted molar refractivity (Wildman–Crippen MR) is 82.7 cm³/mol. The zero-order valence-corrected chi connectivity index (χ0v) is 13.9. The van der Waals surface area contributed by atoms with Gasteiger partial charge in [-0.3, -0.25) is 4.79 Å². The molecular formula is C18H22F2O4. The van der Waals surface area contributed by atoms with Gasteiger partial charge in [-0.1, -0.05) is 13.0 Å². The third-order valence-corrected chi connectivity index (χ3v) is 4.74. The van der Waals surface area contributed by atoms with Crippen LogP contribution in [-0.2, 0) is 14.2 Å². The van der Waals surface area contributed by atoms with Gasteiger partial charge in [-0.15, -0.1) is 0 Å². The fourth-order valence-electron chi connectivity index (χ4n) is 3.12. The Morgan fingerprint density at radius 1 is 1.04 bits per heavy atom. The quantitative estimate of drug-likeness (QED) is 0.793. The van der Waals surface area contributed by atoms with Crippen molar-refractivity contribution >= 4 is 5.78 Å². The van der Waals surface area contributed by atoms with E-state index in [2.05, 4.69) is 6.92 Å². The number of hydrogen-bond acceptors (Lipinski definition) is 4. The molecule has 1 unspecified atom stereocenters. The average molecular weight is 340 g/mol. The van der Waals surface area contributed by atoms with Crippen molar-refractivity contribution in [3.63, 3.8) is 0 Å². The maximum atomic E-state index is 13.9. The van der Waals surface area contributed by atoms with E-state index >= 15 is 0 Å². The van der Waals surface area contributed by atoms with Gasteiger partial charge >= 0.3 is 0 Å². The van der Waals surface area contributed by atoms with Gasteiger partial charge < -0.3 is 14.2 Å². The Morgan fingerprint density at radius 2 is 1.75 bits per heavy atom. The summed E-state index contributed by atoms with van der Waals surface area (Å²) in [5, 5.41) is 0. The monoisotopic (exact) mass is 340 g/mol. The van der Waals surface area contributed by atoms with Crippen LogP contribution in [-0.4, -0.2) is 38.0 Å². The first-order chi connectivity index (χ1) is 11.5. The van der Waals surface area contributed by atoms with E-state index in [9.17, 15) is 13.6 Å². The molecule has 0 amide bonds. The molecule has 2 aliphatic heterocycles. The molecule has 0 spiro atoms. The SMILES string of the molecule is Cc1ccc(C(=O)C2OCC([C@@H]3CCC(C)CO3)CO2)c(F)c1F. The van der Waals surface area contributed by atoms with E-state index in [0.29, 0.717) is 19.1 Å². The van der Waals surface area contributed by atoms with E-state index in [1.54, 1.807) is 0 Å². The van der Waals surface area contributed by atoms with Crippen molar-refractivity contribution < 1.29 is 27.8 Å². The fourth-order valence-corrected chi connectivity index (χ4v) is 3.12. The van der Waals surface area contributed by atoms with Crippen LogP contribution in [0.4, 0.5) is 8.78 Å². The Bertz CT molecular complexity index is 603. The largest absolute Gasteiger partial charge is 0.377 e. The second-order valence-corrected chi connectivity index (χ2v) is 6.74. The lowest BCUT2D eigenvalue weighted by atomic mass is 9.92. The number of carbonyl (C=O) groups excluding carboxylic acids is 1. The summed E-state index contributed by atoms with van der Waals surface area (Å²) in [5.74, 6) is -2.25. The summed E-state index contributed by atoms with van der Waals surface area (Å²) < 4.78 is 44.3. The summed E-state index contributed by atoms with van der Waals surface area (Å²) in [6.07, 6.45) is 0.901. The maximum Gasteiger partial charge on any atom is 0.222 e. The molecular weight excluding hydrogens is 318 g/mol. The Kier molecular flexibility index (Phi) is 5.27. The van der Waals surface area contributed by atoms with Crippen LogP contribution in [0.2, 0.25) is 0 Å². The summed E-state index contributed by atoms with van der Waals surface area (Å²) in [6.45, 7) is 4.93. The third kappa shape index (κ3) is 3.50. The minimum Gasteiger partial charge on any atom is -0.377 e. The smallest absolute Gasteiger partial charge is 0.222 e. The third-order valence-electron chi connectivity index (χ3n) is 4.74. The summed E-state index contributed by atoms with van der Waals surface area (Å²) >= 11 is 0. The minimum atomic E-state index is -1.19. The number of ether oxygens (including phenoxy) is 3. The van der Waals surface area contributed by atoms with E-state index in [1.165, 1.54) is 19.1 Å². The molecule has 4 nitrogen and oxygen atoms in total. The zero-order valence-electron chi connectivity index (χ0n) is 13.9. The molecule has 132 valence electrons. The molecule has 0 N–H and O–H groups in total. The number of hydrogen-bond donors (Lipinski definition) is 0. The Hall–Kier alpha value is -1.37. The molecule has 0 aliphatic carbocycles. The molecule has 6 heteroatoms. The normalized spacial score (nSPS) is 31.0. The second kappa shape index (κ2) is 7.25. The second-order valence-electron chi connectivity index (χ2n) is 6.74. The number of rotatable bonds is 3. The summed E-state index contributed by atoms with van der Waals surface area (Å²) in [7, 11) is 0. The number of carbonyl (C=O) groups is 1. The summed E-state index contributed by atoms with van der Waals surface area (Å²) in [5.41, 5.74) is -0.192.